The fourth-order valence-electron chi connectivity index (χ4n) is 4.80. The molecule has 2 fully saturated rings. The SMILES string of the molecule is C[C@@H]1[C@H]2CN(C(=O)OC(C)(C)C)C[C@H]2C[C@H]1Nc1c(C(N)=O)cnn2cc(Br)cc12. The van der Waals surface area contributed by atoms with Gasteiger partial charge in [0.1, 0.15) is 5.60 Å². The highest BCUT2D eigenvalue weighted by Gasteiger charge is 2.48. The fourth-order valence-corrected chi connectivity index (χ4v) is 5.21. The summed E-state index contributed by atoms with van der Waals surface area (Å²) < 4.78 is 8.15. The van der Waals surface area contributed by atoms with Crippen LogP contribution in [0.1, 0.15) is 44.5 Å². The highest BCUT2D eigenvalue weighted by Crippen LogP contribution is 2.44. The number of carbonyl (C=O) groups is 2. The smallest absolute Gasteiger partial charge is 0.410 e. The van der Waals surface area contributed by atoms with Crippen molar-refractivity contribution >= 4 is 39.1 Å². The van der Waals surface area contributed by atoms with Gasteiger partial charge in [0.25, 0.3) is 5.91 Å². The summed E-state index contributed by atoms with van der Waals surface area (Å²) in [5, 5.41) is 7.87. The van der Waals surface area contributed by atoms with Crippen LogP contribution in [0.3, 0.4) is 0 Å². The van der Waals surface area contributed by atoms with Gasteiger partial charge in [-0.05, 0) is 66.9 Å². The zero-order valence-corrected chi connectivity index (χ0v) is 19.3. The number of fused-ring (bicyclic) bond motifs is 2. The van der Waals surface area contributed by atoms with Gasteiger partial charge in [0, 0.05) is 29.8 Å². The maximum absolute atomic E-state index is 12.5. The van der Waals surface area contributed by atoms with Gasteiger partial charge in [-0.15, -0.1) is 0 Å². The Morgan fingerprint density at radius 2 is 2.07 bits per heavy atom. The van der Waals surface area contributed by atoms with E-state index in [2.05, 4.69) is 33.3 Å². The predicted octanol–water partition coefficient (Wildman–Crippen LogP) is 3.50. The van der Waals surface area contributed by atoms with Crippen molar-refractivity contribution in [1.82, 2.24) is 14.5 Å². The minimum atomic E-state index is -0.508. The first-order valence-corrected chi connectivity index (χ1v) is 11.0. The summed E-state index contributed by atoms with van der Waals surface area (Å²) in [5.41, 5.74) is 7.02. The van der Waals surface area contributed by atoms with E-state index < -0.39 is 11.5 Å². The number of ether oxygens (including phenoxy) is 1. The van der Waals surface area contributed by atoms with E-state index in [-0.39, 0.29) is 12.1 Å². The minimum Gasteiger partial charge on any atom is -0.444 e. The summed E-state index contributed by atoms with van der Waals surface area (Å²) in [6.45, 7) is 9.26. The molecule has 4 rings (SSSR count). The van der Waals surface area contributed by atoms with Crippen LogP contribution in [-0.2, 0) is 4.74 Å². The molecule has 9 heteroatoms. The molecule has 2 aliphatic rings. The number of aromatic nitrogens is 2. The Balaban J connectivity index is 1.52. The number of primary amides is 1. The number of hydrogen-bond acceptors (Lipinski definition) is 5. The number of rotatable bonds is 3. The third-order valence-electron chi connectivity index (χ3n) is 6.21. The van der Waals surface area contributed by atoms with E-state index in [1.807, 2.05) is 37.9 Å². The van der Waals surface area contributed by atoms with Gasteiger partial charge in [-0.3, -0.25) is 4.79 Å². The Bertz CT molecular complexity index is 998. The molecule has 0 unspecified atom stereocenters. The number of halogens is 1. The average molecular weight is 478 g/mol. The molecule has 2 aromatic heterocycles. The van der Waals surface area contributed by atoms with E-state index in [0.29, 0.717) is 42.1 Å². The fraction of sp³-hybridized carbons (Fsp3) is 0.571. The normalized spacial score (nSPS) is 26.1. The molecule has 4 atom stereocenters. The van der Waals surface area contributed by atoms with E-state index in [1.165, 1.54) is 6.20 Å². The lowest BCUT2D eigenvalue weighted by Gasteiger charge is -2.27. The zero-order chi connectivity index (χ0) is 21.8. The number of amides is 2. The lowest BCUT2D eigenvalue weighted by atomic mass is 9.93. The second-order valence-electron chi connectivity index (χ2n) is 9.44. The van der Waals surface area contributed by atoms with Crippen LogP contribution < -0.4 is 11.1 Å². The van der Waals surface area contributed by atoms with Gasteiger partial charge in [-0.2, -0.15) is 5.10 Å². The third-order valence-corrected chi connectivity index (χ3v) is 6.64. The Morgan fingerprint density at radius 3 is 2.70 bits per heavy atom. The maximum atomic E-state index is 12.5. The van der Waals surface area contributed by atoms with Crippen LogP contribution in [-0.4, -0.2) is 51.2 Å². The average Bonchev–Trinajstić information content (AvgIpc) is 3.28. The number of anilines is 1. The van der Waals surface area contributed by atoms with Crippen LogP contribution in [0.25, 0.3) is 5.52 Å². The number of nitrogens with one attached hydrogen (secondary N) is 1. The standard InChI is InChI=1S/C21H28BrN5O3/c1-11-15-10-26(20(29)30-21(2,3)4)8-12(15)5-16(11)25-18-14(19(23)28)7-24-27-9-13(22)6-17(18)27/h6-7,9,11-12,15-16,25H,5,8,10H2,1-4H3,(H2,23,28)/t11-,12-,15-,16-/m1/s1. The number of likely N-dealkylation sites (tertiary alicyclic amines) is 1. The second-order valence-corrected chi connectivity index (χ2v) is 10.4. The molecular weight excluding hydrogens is 450 g/mol. The number of carbonyl (C=O) groups excluding carboxylic acids is 2. The Labute approximate surface area is 184 Å². The summed E-state index contributed by atoms with van der Waals surface area (Å²) >= 11 is 3.47. The molecular formula is C21H28BrN5O3. The van der Waals surface area contributed by atoms with Gasteiger partial charge in [0.2, 0.25) is 0 Å². The van der Waals surface area contributed by atoms with Crippen LogP contribution in [0.2, 0.25) is 0 Å². The molecule has 0 spiro atoms. The summed E-state index contributed by atoms with van der Waals surface area (Å²) in [4.78, 5) is 26.3. The molecule has 3 N–H and O–H groups in total. The topological polar surface area (TPSA) is 102 Å². The van der Waals surface area contributed by atoms with Gasteiger partial charge in [-0.1, -0.05) is 6.92 Å². The first-order valence-electron chi connectivity index (χ1n) is 10.2. The molecule has 2 aromatic rings. The molecule has 0 aromatic carbocycles. The van der Waals surface area contributed by atoms with Crippen molar-refractivity contribution in [3.63, 3.8) is 0 Å². The molecule has 1 saturated carbocycles. The van der Waals surface area contributed by atoms with E-state index >= 15 is 0 Å². The number of nitrogens with two attached hydrogens (primary N) is 1. The van der Waals surface area contributed by atoms with Crippen molar-refractivity contribution < 1.29 is 14.3 Å². The summed E-state index contributed by atoms with van der Waals surface area (Å²) in [6, 6.07) is 2.10. The van der Waals surface area contributed by atoms with Crippen molar-refractivity contribution in [3.8, 4) is 0 Å². The van der Waals surface area contributed by atoms with E-state index in [0.717, 1.165) is 16.4 Å². The number of hydrogen-bond donors (Lipinski definition) is 2. The lowest BCUT2D eigenvalue weighted by Crippen LogP contribution is -2.37. The molecule has 30 heavy (non-hydrogen) atoms. The highest BCUT2D eigenvalue weighted by molar-refractivity contribution is 9.10. The molecule has 2 amide bonds. The number of nitrogens with zero attached hydrogens (tertiary/aromatic N) is 3. The van der Waals surface area contributed by atoms with Gasteiger partial charge in [-0.25, -0.2) is 9.31 Å². The minimum absolute atomic E-state index is 0.179. The van der Waals surface area contributed by atoms with Crippen LogP contribution in [0.4, 0.5) is 10.5 Å². The van der Waals surface area contributed by atoms with Crippen LogP contribution in [0.5, 0.6) is 0 Å². The summed E-state index contributed by atoms with van der Waals surface area (Å²) in [5.74, 6) is 0.614. The van der Waals surface area contributed by atoms with Crippen LogP contribution >= 0.6 is 15.9 Å². The third kappa shape index (κ3) is 3.87. The van der Waals surface area contributed by atoms with Crippen molar-refractivity contribution in [3.05, 3.63) is 28.5 Å². The molecule has 1 aliphatic heterocycles. The van der Waals surface area contributed by atoms with Crippen molar-refractivity contribution in [1.29, 1.82) is 0 Å². The molecule has 162 valence electrons. The van der Waals surface area contributed by atoms with E-state index in [4.69, 9.17) is 10.5 Å². The first kappa shape index (κ1) is 21.0. The van der Waals surface area contributed by atoms with Gasteiger partial charge in [0.05, 0.1) is 23.0 Å². The summed E-state index contributed by atoms with van der Waals surface area (Å²) in [6.07, 6.45) is 4.03. The van der Waals surface area contributed by atoms with Crippen LogP contribution in [0.15, 0.2) is 22.9 Å². The predicted molar refractivity (Wildman–Crippen MR) is 117 cm³/mol. The van der Waals surface area contributed by atoms with Gasteiger partial charge in [0.15, 0.2) is 0 Å². The van der Waals surface area contributed by atoms with Crippen molar-refractivity contribution in [2.45, 2.75) is 45.8 Å². The quantitative estimate of drug-likeness (QED) is 0.703. The highest BCUT2D eigenvalue weighted by atomic mass is 79.9. The Kier molecular flexibility index (Phi) is 5.20. The first-order chi connectivity index (χ1) is 14.0. The second kappa shape index (κ2) is 7.44. The molecule has 3 heterocycles. The Morgan fingerprint density at radius 1 is 1.33 bits per heavy atom. The van der Waals surface area contributed by atoms with Gasteiger partial charge >= 0.3 is 6.09 Å². The molecule has 1 aliphatic carbocycles. The summed E-state index contributed by atoms with van der Waals surface area (Å²) in [7, 11) is 0. The van der Waals surface area contributed by atoms with Crippen LogP contribution in [0, 0.1) is 17.8 Å². The molecule has 1 saturated heterocycles. The molecule has 0 bridgehead atoms. The molecule has 0 radical (unpaired) electrons. The van der Waals surface area contributed by atoms with E-state index in [1.54, 1.807) is 4.52 Å². The maximum Gasteiger partial charge on any atom is 0.410 e. The lowest BCUT2D eigenvalue weighted by molar-refractivity contribution is 0.0276. The Hall–Kier alpha value is -2.29. The molecule has 8 nitrogen and oxygen atoms in total. The van der Waals surface area contributed by atoms with Crippen molar-refractivity contribution in [2.24, 2.45) is 23.5 Å². The largest absolute Gasteiger partial charge is 0.444 e. The van der Waals surface area contributed by atoms with Gasteiger partial charge < -0.3 is 20.7 Å². The zero-order valence-electron chi connectivity index (χ0n) is 17.7. The van der Waals surface area contributed by atoms with Crippen molar-refractivity contribution in [2.75, 3.05) is 18.4 Å². The van der Waals surface area contributed by atoms with E-state index in [9.17, 15) is 9.59 Å². The monoisotopic (exact) mass is 477 g/mol.